The first-order chi connectivity index (χ1) is 13.0. The van der Waals surface area contributed by atoms with Crippen molar-refractivity contribution < 1.29 is 9.59 Å². The van der Waals surface area contributed by atoms with Crippen molar-refractivity contribution >= 4 is 34.2 Å². The number of nitrogens with zero attached hydrogens (tertiary/aromatic N) is 2. The average molecular weight is 379 g/mol. The van der Waals surface area contributed by atoms with E-state index in [2.05, 4.69) is 9.97 Å². The van der Waals surface area contributed by atoms with Crippen LogP contribution in [-0.2, 0) is 6.54 Å². The van der Waals surface area contributed by atoms with Gasteiger partial charge < -0.3 is 15.3 Å². The highest BCUT2D eigenvalue weighted by Crippen LogP contribution is 2.24. The quantitative estimate of drug-likeness (QED) is 0.521. The van der Waals surface area contributed by atoms with Crippen LogP contribution in [0.1, 0.15) is 32.2 Å². The Kier molecular flexibility index (Phi) is 4.25. The van der Waals surface area contributed by atoms with E-state index in [9.17, 15) is 9.59 Å². The van der Waals surface area contributed by atoms with Crippen molar-refractivity contribution in [3.8, 4) is 0 Å². The Bertz CT molecular complexity index is 1160. The first-order valence-electron chi connectivity index (χ1n) is 8.25. The van der Waals surface area contributed by atoms with Crippen LogP contribution in [0, 0.1) is 0 Å². The molecule has 3 N–H and O–H groups in total. The number of para-hydroxylation sites is 1. The third-order valence-electron chi connectivity index (χ3n) is 4.36. The lowest BCUT2D eigenvalue weighted by atomic mass is 10.1. The number of benzene rings is 2. The zero-order valence-corrected chi connectivity index (χ0v) is 14.9. The van der Waals surface area contributed by atoms with Gasteiger partial charge in [0.25, 0.3) is 5.91 Å². The highest BCUT2D eigenvalue weighted by molar-refractivity contribution is 6.30. The fourth-order valence-electron chi connectivity index (χ4n) is 3.03. The molecule has 7 heteroatoms. The fourth-order valence-corrected chi connectivity index (χ4v) is 3.16. The molecule has 4 rings (SSSR count). The number of nitrogens with two attached hydrogens (primary N) is 1. The minimum absolute atomic E-state index is 0.0817. The number of carbonyl (C=O) groups excluding carboxylic acids is 2. The number of amides is 1. The lowest BCUT2D eigenvalue weighted by Crippen LogP contribution is -2.12. The molecule has 134 valence electrons. The molecule has 0 saturated carbocycles. The first kappa shape index (κ1) is 17.1. The largest absolute Gasteiger partial charge is 0.364 e. The lowest BCUT2D eigenvalue weighted by Gasteiger charge is -2.05. The topological polar surface area (TPSA) is 93.8 Å². The number of primary amides is 1. The molecular formula is C20H15ClN4O2. The maximum atomic E-state index is 12.9. The van der Waals surface area contributed by atoms with E-state index >= 15 is 0 Å². The molecule has 0 aliphatic rings. The van der Waals surface area contributed by atoms with E-state index in [-0.39, 0.29) is 17.3 Å². The normalized spacial score (nSPS) is 11.0. The monoisotopic (exact) mass is 378 g/mol. The second-order valence-corrected chi connectivity index (χ2v) is 6.59. The van der Waals surface area contributed by atoms with Gasteiger partial charge in [-0.3, -0.25) is 9.59 Å². The molecule has 2 heterocycles. The summed E-state index contributed by atoms with van der Waals surface area (Å²) < 4.78 is 2.00. The number of hydrogen-bond acceptors (Lipinski definition) is 3. The molecule has 0 aliphatic heterocycles. The Morgan fingerprint density at radius 1 is 1.11 bits per heavy atom. The highest BCUT2D eigenvalue weighted by atomic mass is 35.5. The van der Waals surface area contributed by atoms with Crippen molar-refractivity contribution in [1.29, 1.82) is 0 Å². The van der Waals surface area contributed by atoms with Gasteiger partial charge in [-0.2, -0.15) is 0 Å². The summed E-state index contributed by atoms with van der Waals surface area (Å²) in [5.41, 5.74) is 7.82. The molecule has 0 unspecified atom stereocenters. The maximum absolute atomic E-state index is 12.9. The van der Waals surface area contributed by atoms with Crippen molar-refractivity contribution in [2.24, 2.45) is 5.73 Å². The maximum Gasteiger partial charge on any atom is 0.266 e. The van der Waals surface area contributed by atoms with Gasteiger partial charge in [-0.05, 0) is 23.8 Å². The predicted molar refractivity (Wildman–Crippen MR) is 103 cm³/mol. The smallest absolute Gasteiger partial charge is 0.266 e. The Morgan fingerprint density at radius 3 is 2.56 bits per heavy atom. The van der Waals surface area contributed by atoms with Gasteiger partial charge in [0.15, 0.2) is 5.82 Å². The van der Waals surface area contributed by atoms with Gasteiger partial charge in [0.2, 0.25) is 5.78 Å². The van der Waals surface area contributed by atoms with E-state index in [1.807, 2.05) is 53.1 Å². The van der Waals surface area contributed by atoms with Crippen LogP contribution in [0.3, 0.4) is 0 Å². The number of fused-ring (bicyclic) bond motifs is 1. The van der Waals surface area contributed by atoms with Crippen molar-refractivity contribution in [3.05, 3.63) is 88.6 Å². The van der Waals surface area contributed by atoms with Crippen LogP contribution in [-0.4, -0.2) is 26.2 Å². The molecule has 2 aromatic carbocycles. The van der Waals surface area contributed by atoms with Crippen LogP contribution >= 0.6 is 11.6 Å². The van der Waals surface area contributed by atoms with Gasteiger partial charge in [0.1, 0.15) is 5.69 Å². The summed E-state index contributed by atoms with van der Waals surface area (Å²) in [6.45, 7) is 0.593. The van der Waals surface area contributed by atoms with E-state index in [4.69, 9.17) is 17.3 Å². The molecule has 0 aliphatic carbocycles. The van der Waals surface area contributed by atoms with E-state index in [0.29, 0.717) is 17.1 Å². The Hall–Kier alpha value is -3.38. The fraction of sp³-hybridized carbons (Fsp3) is 0.0500. The lowest BCUT2D eigenvalue weighted by molar-refractivity contribution is 0.0996. The zero-order chi connectivity index (χ0) is 19.0. The minimum Gasteiger partial charge on any atom is -0.364 e. The van der Waals surface area contributed by atoms with Crippen molar-refractivity contribution in [2.45, 2.75) is 6.54 Å². The molecule has 0 spiro atoms. The molecule has 0 bridgehead atoms. The summed E-state index contributed by atoms with van der Waals surface area (Å²) in [6, 6.07) is 15.2. The third kappa shape index (κ3) is 3.22. The van der Waals surface area contributed by atoms with Gasteiger partial charge in [-0.25, -0.2) is 4.98 Å². The van der Waals surface area contributed by atoms with Crippen LogP contribution in [0.15, 0.2) is 60.9 Å². The third-order valence-corrected chi connectivity index (χ3v) is 4.61. The number of aromatic amines is 1. The first-order valence-corrected chi connectivity index (χ1v) is 8.62. The number of hydrogen-bond donors (Lipinski definition) is 2. The highest BCUT2D eigenvalue weighted by Gasteiger charge is 2.20. The van der Waals surface area contributed by atoms with Crippen molar-refractivity contribution in [3.63, 3.8) is 0 Å². The van der Waals surface area contributed by atoms with E-state index in [1.54, 1.807) is 6.20 Å². The number of ketones is 1. The summed E-state index contributed by atoms with van der Waals surface area (Å²) >= 11 is 5.95. The Labute approximate surface area is 159 Å². The van der Waals surface area contributed by atoms with Gasteiger partial charge in [0, 0.05) is 28.7 Å². The summed E-state index contributed by atoms with van der Waals surface area (Å²) in [7, 11) is 0. The summed E-state index contributed by atoms with van der Waals surface area (Å²) in [5.74, 6) is -0.876. The molecule has 1 amide bonds. The number of halogens is 1. The number of imidazole rings is 1. The molecule has 27 heavy (non-hydrogen) atoms. The molecule has 0 radical (unpaired) electrons. The van der Waals surface area contributed by atoms with Gasteiger partial charge in [-0.1, -0.05) is 41.9 Å². The summed E-state index contributed by atoms with van der Waals surface area (Å²) in [6.07, 6.45) is 3.07. The number of rotatable bonds is 5. The second-order valence-electron chi connectivity index (χ2n) is 6.15. The van der Waals surface area contributed by atoms with E-state index < -0.39 is 5.91 Å². The van der Waals surface area contributed by atoms with Crippen LogP contribution in [0.5, 0.6) is 0 Å². The van der Waals surface area contributed by atoms with Crippen LogP contribution < -0.4 is 5.73 Å². The molecule has 0 saturated heterocycles. The number of aromatic nitrogens is 3. The van der Waals surface area contributed by atoms with Crippen molar-refractivity contribution in [2.75, 3.05) is 0 Å². The minimum atomic E-state index is -0.660. The molecular weight excluding hydrogens is 364 g/mol. The predicted octanol–water partition coefficient (Wildman–Crippen LogP) is 3.40. The molecule has 6 nitrogen and oxygen atoms in total. The SMILES string of the molecule is NC(=O)c1cnc(C(=O)c2cn(Cc3ccc(Cl)cc3)c3ccccc23)[nH]1. The zero-order valence-electron chi connectivity index (χ0n) is 14.1. The standard InChI is InChI=1S/C20H15ClN4O2/c21-13-7-5-12(6-8-13)10-25-11-15(14-3-1-2-4-17(14)25)18(26)20-23-9-16(24-20)19(22)27/h1-9,11H,10H2,(H2,22,27)(H,23,24). The number of H-pyrrole nitrogens is 1. The Balaban J connectivity index is 1.75. The molecule has 0 fully saturated rings. The van der Waals surface area contributed by atoms with Gasteiger partial charge in [0.05, 0.1) is 11.8 Å². The van der Waals surface area contributed by atoms with Gasteiger partial charge in [-0.15, -0.1) is 0 Å². The van der Waals surface area contributed by atoms with Gasteiger partial charge >= 0.3 is 0 Å². The van der Waals surface area contributed by atoms with Crippen LogP contribution in [0.25, 0.3) is 10.9 Å². The second kappa shape index (κ2) is 6.74. The van der Waals surface area contributed by atoms with Crippen LogP contribution in [0.2, 0.25) is 5.02 Å². The van der Waals surface area contributed by atoms with Crippen LogP contribution in [0.4, 0.5) is 0 Å². The molecule has 0 atom stereocenters. The molecule has 2 aromatic heterocycles. The van der Waals surface area contributed by atoms with E-state index in [0.717, 1.165) is 16.5 Å². The molecule has 4 aromatic rings. The van der Waals surface area contributed by atoms with E-state index in [1.165, 1.54) is 6.20 Å². The number of carbonyl (C=O) groups is 2. The summed E-state index contributed by atoms with van der Waals surface area (Å²) in [5, 5.41) is 1.49. The van der Waals surface area contributed by atoms with Crippen molar-refractivity contribution in [1.82, 2.24) is 14.5 Å². The summed E-state index contributed by atoms with van der Waals surface area (Å²) in [4.78, 5) is 30.8. The Morgan fingerprint density at radius 2 is 1.85 bits per heavy atom. The average Bonchev–Trinajstić information content (AvgIpc) is 3.29. The number of nitrogens with one attached hydrogen (secondary N) is 1.